The highest BCUT2D eigenvalue weighted by Crippen LogP contribution is 2.43. The van der Waals surface area contributed by atoms with Gasteiger partial charge in [-0.2, -0.15) is 0 Å². The fourth-order valence-corrected chi connectivity index (χ4v) is 3.85. The van der Waals surface area contributed by atoms with Gasteiger partial charge in [-0.05, 0) is 61.6 Å². The maximum absolute atomic E-state index is 14.1. The Balaban J connectivity index is 2.11. The van der Waals surface area contributed by atoms with Crippen molar-refractivity contribution in [3.8, 4) is 17.0 Å². The van der Waals surface area contributed by atoms with E-state index in [2.05, 4.69) is 11.1 Å². The van der Waals surface area contributed by atoms with E-state index >= 15 is 0 Å². The number of pyridine rings is 1. The third-order valence-corrected chi connectivity index (χ3v) is 4.99. The lowest BCUT2D eigenvalue weighted by Crippen LogP contribution is -2.03. The molecule has 0 bridgehead atoms. The van der Waals surface area contributed by atoms with Gasteiger partial charge in [0.25, 0.3) is 0 Å². The lowest BCUT2D eigenvalue weighted by molar-refractivity contribution is 0.216. The Morgan fingerprint density at radius 2 is 2.15 bits per heavy atom. The molecule has 1 N–H and O–H groups in total. The van der Waals surface area contributed by atoms with Crippen LogP contribution in [0.3, 0.4) is 0 Å². The van der Waals surface area contributed by atoms with E-state index in [1.165, 1.54) is 24.1 Å². The molecule has 3 aromatic rings. The SMILES string of the molecule is COc1ccc(F)cc1-c1c(C2=CCCCC2)c2cccnc2n1CO. The van der Waals surface area contributed by atoms with Crippen LogP contribution < -0.4 is 4.74 Å². The van der Waals surface area contributed by atoms with Gasteiger partial charge in [-0.1, -0.05) is 6.08 Å². The van der Waals surface area contributed by atoms with Crippen LogP contribution >= 0.6 is 0 Å². The third-order valence-electron chi connectivity index (χ3n) is 4.99. The molecular formula is C21H21FN2O2. The predicted octanol–water partition coefficient (Wildman–Crippen LogP) is 4.76. The smallest absolute Gasteiger partial charge is 0.142 e. The molecular weight excluding hydrogens is 331 g/mol. The lowest BCUT2D eigenvalue weighted by atomic mass is 9.90. The molecule has 0 unspecified atom stereocenters. The zero-order valence-electron chi connectivity index (χ0n) is 14.7. The number of allylic oxidation sites excluding steroid dienone is 2. The van der Waals surface area contributed by atoms with Crippen molar-refractivity contribution < 1.29 is 14.2 Å². The van der Waals surface area contributed by atoms with Gasteiger partial charge in [0.05, 0.1) is 12.8 Å². The van der Waals surface area contributed by atoms with Gasteiger partial charge in [-0.3, -0.25) is 0 Å². The van der Waals surface area contributed by atoms with E-state index in [4.69, 9.17) is 4.74 Å². The van der Waals surface area contributed by atoms with Crippen LogP contribution in [0.25, 0.3) is 27.9 Å². The van der Waals surface area contributed by atoms with Gasteiger partial charge in [0.2, 0.25) is 0 Å². The van der Waals surface area contributed by atoms with Gasteiger partial charge in [-0.25, -0.2) is 9.37 Å². The van der Waals surface area contributed by atoms with Crippen LogP contribution in [0.5, 0.6) is 5.75 Å². The molecule has 1 aliphatic carbocycles. The molecule has 4 rings (SSSR count). The highest BCUT2D eigenvalue weighted by atomic mass is 19.1. The summed E-state index contributed by atoms with van der Waals surface area (Å²) in [4.78, 5) is 4.47. The summed E-state index contributed by atoms with van der Waals surface area (Å²) in [5, 5.41) is 11.1. The molecule has 26 heavy (non-hydrogen) atoms. The molecule has 134 valence electrons. The van der Waals surface area contributed by atoms with E-state index in [0.29, 0.717) is 17.0 Å². The van der Waals surface area contributed by atoms with Crippen LogP contribution in [-0.4, -0.2) is 21.8 Å². The van der Waals surface area contributed by atoms with Gasteiger partial charge in [-0.15, -0.1) is 0 Å². The number of hydrogen-bond acceptors (Lipinski definition) is 3. The molecule has 1 aromatic carbocycles. The summed E-state index contributed by atoms with van der Waals surface area (Å²) in [5.41, 5.74) is 4.32. The fourth-order valence-electron chi connectivity index (χ4n) is 3.85. The number of aromatic nitrogens is 2. The summed E-state index contributed by atoms with van der Waals surface area (Å²) >= 11 is 0. The van der Waals surface area contributed by atoms with Crippen molar-refractivity contribution in [2.75, 3.05) is 7.11 Å². The molecule has 2 heterocycles. The molecule has 0 aliphatic heterocycles. The molecule has 0 radical (unpaired) electrons. The minimum atomic E-state index is -0.341. The molecule has 0 amide bonds. The monoisotopic (exact) mass is 352 g/mol. The van der Waals surface area contributed by atoms with Crippen LogP contribution in [0.4, 0.5) is 4.39 Å². The first-order chi connectivity index (χ1) is 12.7. The van der Waals surface area contributed by atoms with Crippen LogP contribution in [0.2, 0.25) is 0 Å². The first-order valence-electron chi connectivity index (χ1n) is 8.86. The Kier molecular flexibility index (Phi) is 4.47. The Labute approximate surface area is 151 Å². The first-order valence-corrected chi connectivity index (χ1v) is 8.86. The Bertz CT molecular complexity index is 991. The second kappa shape index (κ2) is 6.92. The molecule has 0 saturated carbocycles. The summed E-state index contributed by atoms with van der Waals surface area (Å²) in [7, 11) is 1.57. The summed E-state index contributed by atoms with van der Waals surface area (Å²) in [5.74, 6) is 0.230. The van der Waals surface area contributed by atoms with Crippen molar-refractivity contribution in [2.45, 2.75) is 32.4 Å². The Morgan fingerprint density at radius 1 is 1.27 bits per heavy atom. The number of nitrogens with zero attached hydrogens (tertiary/aromatic N) is 2. The van der Waals surface area contributed by atoms with Gasteiger partial charge < -0.3 is 14.4 Å². The number of rotatable bonds is 4. The zero-order chi connectivity index (χ0) is 18.1. The van der Waals surface area contributed by atoms with E-state index in [1.54, 1.807) is 23.9 Å². The molecule has 0 spiro atoms. The topological polar surface area (TPSA) is 47.3 Å². The largest absolute Gasteiger partial charge is 0.496 e. The van der Waals surface area contributed by atoms with Gasteiger partial charge in [0.15, 0.2) is 0 Å². The van der Waals surface area contributed by atoms with Crippen molar-refractivity contribution >= 4 is 16.6 Å². The number of ether oxygens (including phenoxy) is 1. The van der Waals surface area contributed by atoms with Crippen molar-refractivity contribution in [3.63, 3.8) is 0 Å². The van der Waals surface area contributed by atoms with E-state index < -0.39 is 0 Å². The number of benzene rings is 1. The maximum Gasteiger partial charge on any atom is 0.142 e. The molecule has 0 fully saturated rings. The van der Waals surface area contributed by atoms with E-state index in [-0.39, 0.29) is 12.5 Å². The highest BCUT2D eigenvalue weighted by molar-refractivity contribution is 6.00. The van der Waals surface area contributed by atoms with Crippen molar-refractivity contribution in [1.29, 1.82) is 0 Å². The van der Waals surface area contributed by atoms with Crippen LogP contribution in [0.1, 0.15) is 31.2 Å². The van der Waals surface area contributed by atoms with Crippen molar-refractivity contribution in [2.24, 2.45) is 0 Å². The first kappa shape index (κ1) is 16.8. The third kappa shape index (κ3) is 2.69. The van der Waals surface area contributed by atoms with E-state index in [0.717, 1.165) is 35.9 Å². The van der Waals surface area contributed by atoms with Crippen molar-refractivity contribution in [1.82, 2.24) is 9.55 Å². The summed E-state index contributed by atoms with van der Waals surface area (Å²) < 4.78 is 21.3. The maximum atomic E-state index is 14.1. The highest BCUT2D eigenvalue weighted by Gasteiger charge is 2.24. The molecule has 4 nitrogen and oxygen atoms in total. The minimum Gasteiger partial charge on any atom is -0.496 e. The van der Waals surface area contributed by atoms with Crippen LogP contribution in [-0.2, 0) is 6.73 Å². The van der Waals surface area contributed by atoms with Crippen LogP contribution in [0.15, 0.2) is 42.6 Å². The number of halogens is 1. The number of aliphatic hydroxyl groups excluding tert-OH is 1. The number of methoxy groups -OCH3 is 1. The second-order valence-corrected chi connectivity index (χ2v) is 6.49. The van der Waals surface area contributed by atoms with Crippen LogP contribution in [0, 0.1) is 5.82 Å². The zero-order valence-corrected chi connectivity index (χ0v) is 14.7. The number of aliphatic hydroxyl groups is 1. The molecule has 1 aliphatic rings. The number of fused-ring (bicyclic) bond motifs is 1. The number of hydrogen-bond donors (Lipinski definition) is 1. The van der Waals surface area contributed by atoms with Gasteiger partial charge >= 0.3 is 0 Å². The second-order valence-electron chi connectivity index (χ2n) is 6.49. The minimum absolute atomic E-state index is 0.240. The fraction of sp³-hybridized carbons (Fsp3) is 0.286. The quantitative estimate of drug-likeness (QED) is 0.736. The summed E-state index contributed by atoms with van der Waals surface area (Å²) in [6, 6.07) is 8.37. The average molecular weight is 352 g/mol. The summed E-state index contributed by atoms with van der Waals surface area (Å²) in [6.07, 6.45) is 8.25. The van der Waals surface area contributed by atoms with Crippen molar-refractivity contribution in [3.05, 3.63) is 54.0 Å². The molecule has 5 heteroatoms. The average Bonchev–Trinajstić information content (AvgIpc) is 3.02. The van der Waals surface area contributed by atoms with E-state index in [9.17, 15) is 9.50 Å². The van der Waals surface area contributed by atoms with Gasteiger partial charge in [0.1, 0.15) is 23.9 Å². The molecule has 0 saturated heterocycles. The lowest BCUT2D eigenvalue weighted by Gasteiger charge is -2.17. The standard InChI is InChI=1S/C21H21FN2O2/c1-26-18-10-9-15(22)12-17(18)20-19(14-6-3-2-4-7-14)16-8-5-11-23-21(16)24(20)13-25/h5-6,8-12,25H,2-4,7,13H2,1H3. The van der Waals surface area contributed by atoms with Gasteiger partial charge in [0, 0.05) is 22.7 Å². The normalized spacial score (nSPS) is 14.5. The Morgan fingerprint density at radius 3 is 2.88 bits per heavy atom. The summed E-state index contributed by atoms with van der Waals surface area (Å²) in [6.45, 7) is -0.240. The molecule has 2 aromatic heterocycles. The predicted molar refractivity (Wildman–Crippen MR) is 100 cm³/mol. The van der Waals surface area contributed by atoms with E-state index in [1.807, 2.05) is 12.1 Å². The Hall–Kier alpha value is -2.66. The molecule has 0 atom stereocenters.